The molecule has 0 aromatic rings. The largest absolute Gasteiger partial charge is 0.394 e. The fourth-order valence-electron chi connectivity index (χ4n) is 2.28. The summed E-state index contributed by atoms with van der Waals surface area (Å²) in [6, 6.07) is 2.35. The van der Waals surface area contributed by atoms with Crippen LogP contribution in [0.15, 0.2) is 0 Å². The molecule has 3 nitrogen and oxygen atoms in total. The fraction of sp³-hybridized carbons (Fsp3) is 0.909. The van der Waals surface area contributed by atoms with E-state index in [1.165, 1.54) is 12.8 Å². The number of hydrogen-bond acceptors (Lipinski definition) is 3. The molecule has 0 bridgehead atoms. The highest BCUT2D eigenvalue weighted by Crippen LogP contribution is 2.38. The Morgan fingerprint density at radius 1 is 1.21 bits per heavy atom. The number of nitriles is 1. The first-order chi connectivity index (χ1) is 6.72. The molecule has 1 aliphatic rings. The van der Waals surface area contributed by atoms with E-state index in [1.54, 1.807) is 0 Å². The molecule has 0 radical (unpaired) electrons. The van der Waals surface area contributed by atoms with Gasteiger partial charge in [-0.05, 0) is 19.3 Å². The zero-order chi connectivity index (χ0) is 10.4. The Bertz CT molecular complexity index is 202. The highest BCUT2D eigenvalue weighted by Gasteiger charge is 2.32. The molecule has 0 aromatic heterocycles. The first-order valence-electron chi connectivity index (χ1n) is 5.43. The van der Waals surface area contributed by atoms with E-state index in [0.717, 1.165) is 25.7 Å². The van der Waals surface area contributed by atoms with Crippen molar-refractivity contribution in [3.05, 3.63) is 0 Å². The molecule has 14 heavy (non-hydrogen) atoms. The van der Waals surface area contributed by atoms with Crippen LogP contribution in [0, 0.1) is 16.7 Å². The molecule has 0 aromatic carbocycles. The van der Waals surface area contributed by atoms with Crippen LogP contribution >= 0.6 is 0 Å². The van der Waals surface area contributed by atoms with Crippen molar-refractivity contribution in [3.63, 3.8) is 0 Å². The lowest BCUT2D eigenvalue weighted by molar-refractivity contribution is 0.0573. The minimum Gasteiger partial charge on any atom is -0.394 e. The molecular weight excluding hydrogens is 178 g/mol. The van der Waals surface area contributed by atoms with Crippen molar-refractivity contribution >= 4 is 0 Å². The van der Waals surface area contributed by atoms with Crippen LogP contribution in [0.4, 0.5) is 0 Å². The number of nitrogens with zero attached hydrogens (tertiary/aromatic N) is 1. The predicted octanol–water partition coefficient (Wildman–Crippen LogP) is 1.59. The summed E-state index contributed by atoms with van der Waals surface area (Å²) in [5, 5.41) is 27.4. The van der Waals surface area contributed by atoms with Crippen LogP contribution in [-0.4, -0.2) is 22.9 Å². The van der Waals surface area contributed by atoms with Gasteiger partial charge in [-0.2, -0.15) is 5.26 Å². The standard InChI is InChI=1S/C11H19NO2/c12-9-11(7-10(14)8-13)5-3-1-2-4-6-11/h10,13-14H,1-8H2. The molecule has 3 heteroatoms. The Morgan fingerprint density at radius 3 is 2.21 bits per heavy atom. The van der Waals surface area contributed by atoms with Crippen molar-refractivity contribution in [2.45, 2.75) is 51.0 Å². The van der Waals surface area contributed by atoms with E-state index in [-0.39, 0.29) is 12.0 Å². The molecule has 1 aliphatic carbocycles. The Morgan fingerprint density at radius 2 is 1.79 bits per heavy atom. The normalized spacial score (nSPS) is 23.5. The summed E-state index contributed by atoms with van der Waals surface area (Å²) in [5.74, 6) is 0. The van der Waals surface area contributed by atoms with Gasteiger partial charge in [0.05, 0.1) is 24.2 Å². The molecular formula is C11H19NO2. The van der Waals surface area contributed by atoms with Gasteiger partial charge in [0.15, 0.2) is 0 Å². The van der Waals surface area contributed by atoms with Gasteiger partial charge < -0.3 is 10.2 Å². The molecule has 1 rings (SSSR count). The minimum absolute atomic E-state index is 0.233. The van der Waals surface area contributed by atoms with E-state index in [0.29, 0.717) is 6.42 Å². The second-order valence-electron chi connectivity index (χ2n) is 4.35. The first-order valence-corrected chi connectivity index (χ1v) is 5.43. The van der Waals surface area contributed by atoms with Gasteiger partial charge in [0.25, 0.3) is 0 Å². The van der Waals surface area contributed by atoms with E-state index in [4.69, 9.17) is 10.4 Å². The Kier molecular flexibility index (Phi) is 4.37. The van der Waals surface area contributed by atoms with Crippen molar-refractivity contribution in [1.82, 2.24) is 0 Å². The predicted molar refractivity (Wildman–Crippen MR) is 53.5 cm³/mol. The smallest absolute Gasteiger partial charge is 0.0786 e. The van der Waals surface area contributed by atoms with Gasteiger partial charge >= 0.3 is 0 Å². The van der Waals surface area contributed by atoms with Crippen molar-refractivity contribution in [1.29, 1.82) is 5.26 Å². The second-order valence-corrected chi connectivity index (χ2v) is 4.35. The van der Waals surface area contributed by atoms with Crippen LogP contribution in [0.1, 0.15) is 44.9 Å². The maximum atomic E-state index is 9.40. The highest BCUT2D eigenvalue weighted by molar-refractivity contribution is 5.00. The lowest BCUT2D eigenvalue weighted by Gasteiger charge is -2.26. The topological polar surface area (TPSA) is 64.2 Å². The van der Waals surface area contributed by atoms with Crippen LogP contribution in [0.2, 0.25) is 0 Å². The van der Waals surface area contributed by atoms with Crippen LogP contribution in [0.3, 0.4) is 0 Å². The molecule has 1 unspecified atom stereocenters. The molecule has 1 atom stereocenters. The summed E-state index contributed by atoms with van der Waals surface area (Å²) >= 11 is 0. The van der Waals surface area contributed by atoms with Gasteiger partial charge in [-0.15, -0.1) is 0 Å². The number of aliphatic hydroxyl groups is 2. The molecule has 0 saturated heterocycles. The molecule has 0 amide bonds. The van der Waals surface area contributed by atoms with Crippen LogP contribution in [0.5, 0.6) is 0 Å². The molecule has 1 fully saturated rings. The quantitative estimate of drug-likeness (QED) is 0.675. The summed E-state index contributed by atoms with van der Waals surface area (Å²) in [4.78, 5) is 0. The molecule has 0 aliphatic heterocycles. The summed E-state index contributed by atoms with van der Waals surface area (Å²) in [7, 11) is 0. The molecule has 1 saturated carbocycles. The van der Waals surface area contributed by atoms with Crippen molar-refractivity contribution < 1.29 is 10.2 Å². The summed E-state index contributed by atoms with van der Waals surface area (Å²) < 4.78 is 0. The third-order valence-electron chi connectivity index (χ3n) is 3.13. The van der Waals surface area contributed by atoms with Crippen LogP contribution in [-0.2, 0) is 0 Å². The summed E-state index contributed by atoms with van der Waals surface area (Å²) in [6.07, 6.45) is 5.99. The molecule has 0 heterocycles. The number of rotatable bonds is 3. The highest BCUT2D eigenvalue weighted by atomic mass is 16.3. The van der Waals surface area contributed by atoms with Gasteiger partial charge in [0.2, 0.25) is 0 Å². The van der Waals surface area contributed by atoms with E-state index in [9.17, 15) is 5.11 Å². The minimum atomic E-state index is -0.729. The lowest BCUT2D eigenvalue weighted by Crippen LogP contribution is -2.26. The van der Waals surface area contributed by atoms with Gasteiger partial charge in [-0.3, -0.25) is 0 Å². The third-order valence-corrected chi connectivity index (χ3v) is 3.13. The maximum absolute atomic E-state index is 9.40. The number of hydrogen-bond donors (Lipinski definition) is 2. The molecule has 2 N–H and O–H groups in total. The maximum Gasteiger partial charge on any atom is 0.0786 e. The monoisotopic (exact) mass is 197 g/mol. The van der Waals surface area contributed by atoms with E-state index >= 15 is 0 Å². The van der Waals surface area contributed by atoms with Crippen molar-refractivity contribution in [2.24, 2.45) is 5.41 Å². The van der Waals surface area contributed by atoms with Gasteiger partial charge in [-0.1, -0.05) is 25.7 Å². The average molecular weight is 197 g/mol. The van der Waals surface area contributed by atoms with Gasteiger partial charge in [0, 0.05) is 0 Å². The van der Waals surface area contributed by atoms with Gasteiger partial charge in [-0.25, -0.2) is 0 Å². The Balaban J connectivity index is 2.59. The molecule has 0 spiro atoms. The van der Waals surface area contributed by atoms with Crippen molar-refractivity contribution in [2.75, 3.05) is 6.61 Å². The van der Waals surface area contributed by atoms with Crippen molar-refractivity contribution in [3.8, 4) is 6.07 Å². The second kappa shape index (κ2) is 5.33. The van der Waals surface area contributed by atoms with E-state index in [1.807, 2.05) is 0 Å². The van der Waals surface area contributed by atoms with Crippen LogP contribution in [0.25, 0.3) is 0 Å². The third kappa shape index (κ3) is 2.97. The SMILES string of the molecule is N#CC1(CC(O)CO)CCCCCC1. The number of aliphatic hydroxyl groups excluding tert-OH is 2. The zero-order valence-corrected chi connectivity index (χ0v) is 8.58. The summed E-state index contributed by atoms with van der Waals surface area (Å²) in [6.45, 7) is -0.233. The lowest BCUT2D eigenvalue weighted by atomic mass is 9.77. The zero-order valence-electron chi connectivity index (χ0n) is 8.58. The van der Waals surface area contributed by atoms with E-state index in [2.05, 4.69) is 6.07 Å². The molecule has 80 valence electrons. The fourth-order valence-corrected chi connectivity index (χ4v) is 2.28. The van der Waals surface area contributed by atoms with Gasteiger partial charge in [0.1, 0.15) is 0 Å². The Labute approximate surface area is 85.4 Å². The Hall–Kier alpha value is -0.590. The van der Waals surface area contributed by atoms with E-state index < -0.39 is 6.10 Å². The van der Waals surface area contributed by atoms with Crippen LogP contribution < -0.4 is 0 Å². The summed E-state index contributed by atoms with van der Waals surface area (Å²) in [5.41, 5.74) is -0.376. The first kappa shape index (κ1) is 11.5. The average Bonchev–Trinajstić information content (AvgIpc) is 2.44.